The van der Waals surface area contributed by atoms with E-state index in [-0.39, 0.29) is 0 Å². The normalized spacial score (nSPS) is 17.0. The molecule has 16 heavy (non-hydrogen) atoms. The molecule has 2 rings (SSSR count). The second-order valence-corrected chi connectivity index (χ2v) is 4.81. The number of ether oxygens (including phenoxy) is 2. The minimum atomic E-state index is -0.652. The number of rotatable bonds is 4. The van der Waals surface area contributed by atoms with Crippen molar-refractivity contribution in [3.63, 3.8) is 0 Å². The maximum Gasteiger partial charge on any atom is 0.174 e. The van der Waals surface area contributed by atoms with Gasteiger partial charge in [0, 0.05) is 0 Å². The van der Waals surface area contributed by atoms with Gasteiger partial charge in [-0.05, 0) is 53.4 Å². The molecule has 0 atom stereocenters. The van der Waals surface area contributed by atoms with Gasteiger partial charge in [-0.25, -0.2) is 0 Å². The first-order chi connectivity index (χ1) is 7.60. The van der Waals surface area contributed by atoms with Gasteiger partial charge >= 0.3 is 0 Å². The lowest BCUT2D eigenvalue weighted by molar-refractivity contribution is 0.150. The Morgan fingerprint density at radius 3 is 2.62 bits per heavy atom. The van der Waals surface area contributed by atoms with Crippen LogP contribution in [0.3, 0.4) is 0 Å². The molecular weight excluding hydrogens is 272 g/mol. The van der Waals surface area contributed by atoms with Crippen LogP contribution in [0.5, 0.6) is 11.5 Å². The van der Waals surface area contributed by atoms with Crippen molar-refractivity contribution in [2.75, 3.05) is 13.7 Å². The first-order valence-corrected chi connectivity index (χ1v) is 6.13. The van der Waals surface area contributed by atoms with Gasteiger partial charge in [-0.1, -0.05) is 0 Å². The third kappa shape index (κ3) is 2.04. The average Bonchev–Trinajstić information content (AvgIpc) is 2.98. The van der Waals surface area contributed by atoms with Gasteiger partial charge in [0.25, 0.3) is 0 Å². The van der Waals surface area contributed by atoms with Crippen molar-refractivity contribution < 1.29 is 14.6 Å². The van der Waals surface area contributed by atoms with Crippen LogP contribution < -0.4 is 9.47 Å². The highest BCUT2D eigenvalue weighted by Crippen LogP contribution is 2.49. The lowest BCUT2D eigenvalue weighted by Gasteiger charge is -2.15. The Labute approximate surface area is 104 Å². The zero-order chi connectivity index (χ0) is 11.8. The molecule has 0 amide bonds. The summed E-state index contributed by atoms with van der Waals surface area (Å²) in [5.41, 5.74) is 0.240. The molecule has 4 heteroatoms. The van der Waals surface area contributed by atoms with Crippen LogP contribution in [0.2, 0.25) is 0 Å². The summed E-state index contributed by atoms with van der Waals surface area (Å²) < 4.78 is 11.6. The third-order valence-electron chi connectivity index (χ3n) is 2.77. The van der Waals surface area contributed by atoms with Gasteiger partial charge in [-0.2, -0.15) is 0 Å². The first-order valence-electron chi connectivity index (χ1n) is 5.34. The lowest BCUT2D eigenvalue weighted by atomic mass is 10.1. The molecule has 0 heterocycles. The molecule has 1 aliphatic carbocycles. The standard InChI is InChI=1S/C12H15BrO3/c1-3-16-10-7-8(12(14)4-5-12)6-9(13)11(10)15-2/h6-7,14H,3-5H2,1-2H3. The van der Waals surface area contributed by atoms with Gasteiger partial charge < -0.3 is 14.6 Å². The largest absolute Gasteiger partial charge is 0.492 e. The Bertz CT molecular complexity index is 399. The molecule has 0 bridgehead atoms. The van der Waals surface area contributed by atoms with E-state index in [2.05, 4.69) is 15.9 Å². The molecule has 1 N–H and O–H groups in total. The molecular formula is C12H15BrO3. The molecule has 1 saturated carbocycles. The van der Waals surface area contributed by atoms with E-state index in [4.69, 9.17) is 9.47 Å². The van der Waals surface area contributed by atoms with E-state index < -0.39 is 5.60 Å². The number of methoxy groups -OCH3 is 1. The quantitative estimate of drug-likeness (QED) is 0.925. The van der Waals surface area contributed by atoms with E-state index in [9.17, 15) is 5.11 Å². The van der Waals surface area contributed by atoms with Crippen molar-refractivity contribution in [3.05, 3.63) is 22.2 Å². The summed E-state index contributed by atoms with van der Waals surface area (Å²) in [7, 11) is 1.61. The van der Waals surface area contributed by atoms with E-state index in [1.807, 2.05) is 19.1 Å². The van der Waals surface area contributed by atoms with Crippen molar-refractivity contribution in [2.45, 2.75) is 25.4 Å². The molecule has 1 aliphatic rings. The van der Waals surface area contributed by atoms with Crippen LogP contribution in [0.4, 0.5) is 0 Å². The molecule has 1 aromatic rings. The summed E-state index contributed by atoms with van der Waals surface area (Å²) >= 11 is 3.43. The molecule has 0 saturated heterocycles. The molecule has 3 nitrogen and oxygen atoms in total. The van der Waals surface area contributed by atoms with Crippen LogP contribution in [-0.4, -0.2) is 18.8 Å². The maximum absolute atomic E-state index is 10.1. The van der Waals surface area contributed by atoms with Crippen molar-refractivity contribution in [3.8, 4) is 11.5 Å². The summed E-state index contributed by atoms with van der Waals surface area (Å²) in [5.74, 6) is 1.35. The van der Waals surface area contributed by atoms with Gasteiger partial charge in [0.05, 0.1) is 23.8 Å². The van der Waals surface area contributed by atoms with E-state index in [0.717, 1.165) is 22.9 Å². The van der Waals surface area contributed by atoms with Crippen molar-refractivity contribution in [1.82, 2.24) is 0 Å². The molecule has 0 aliphatic heterocycles. The minimum absolute atomic E-state index is 0.574. The molecule has 1 aromatic carbocycles. The number of halogens is 1. The molecule has 1 fully saturated rings. The van der Waals surface area contributed by atoms with Crippen molar-refractivity contribution in [1.29, 1.82) is 0 Å². The second kappa shape index (κ2) is 4.26. The molecule has 0 radical (unpaired) electrons. The Kier molecular flexibility index (Phi) is 3.13. The fourth-order valence-electron chi connectivity index (χ4n) is 1.70. The molecule has 0 unspecified atom stereocenters. The molecule has 0 spiro atoms. The average molecular weight is 287 g/mol. The van der Waals surface area contributed by atoms with E-state index in [0.29, 0.717) is 18.1 Å². The van der Waals surface area contributed by atoms with Crippen molar-refractivity contribution in [2.24, 2.45) is 0 Å². The van der Waals surface area contributed by atoms with Crippen LogP contribution in [0, 0.1) is 0 Å². The third-order valence-corrected chi connectivity index (χ3v) is 3.36. The Balaban J connectivity index is 2.43. The lowest BCUT2D eigenvalue weighted by Crippen LogP contribution is -2.06. The molecule has 0 aromatic heterocycles. The van der Waals surface area contributed by atoms with Crippen LogP contribution in [0.25, 0.3) is 0 Å². The monoisotopic (exact) mass is 286 g/mol. The minimum Gasteiger partial charge on any atom is -0.492 e. The van der Waals surface area contributed by atoms with E-state index in [1.54, 1.807) is 7.11 Å². The van der Waals surface area contributed by atoms with Gasteiger partial charge in [0.15, 0.2) is 11.5 Å². The van der Waals surface area contributed by atoms with Gasteiger partial charge in [-0.3, -0.25) is 0 Å². The van der Waals surface area contributed by atoms with Gasteiger partial charge in [-0.15, -0.1) is 0 Å². The first kappa shape index (κ1) is 11.7. The van der Waals surface area contributed by atoms with E-state index in [1.165, 1.54) is 0 Å². The van der Waals surface area contributed by atoms with Crippen LogP contribution in [0.1, 0.15) is 25.3 Å². The Morgan fingerprint density at radius 1 is 1.44 bits per heavy atom. The topological polar surface area (TPSA) is 38.7 Å². The van der Waals surface area contributed by atoms with Crippen molar-refractivity contribution >= 4 is 15.9 Å². The zero-order valence-electron chi connectivity index (χ0n) is 9.42. The number of benzene rings is 1. The summed E-state index contributed by atoms with van der Waals surface area (Å²) in [5, 5.41) is 10.1. The van der Waals surface area contributed by atoms with Gasteiger partial charge in [0.1, 0.15) is 0 Å². The highest BCUT2D eigenvalue weighted by molar-refractivity contribution is 9.10. The fourth-order valence-corrected chi connectivity index (χ4v) is 2.31. The maximum atomic E-state index is 10.1. The number of hydrogen-bond acceptors (Lipinski definition) is 3. The predicted molar refractivity (Wildman–Crippen MR) is 65.0 cm³/mol. The van der Waals surface area contributed by atoms with Crippen LogP contribution >= 0.6 is 15.9 Å². The second-order valence-electron chi connectivity index (χ2n) is 3.95. The van der Waals surface area contributed by atoms with Crippen LogP contribution in [0.15, 0.2) is 16.6 Å². The van der Waals surface area contributed by atoms with Gasteiger partial charge in [0.2, 0.25) is 0 Å². The number of hydrogen-bond donors (Lipinski definition) is 1. The summed E-state index contributed by atoms with van der Waals surface area (Å²) in [4.78, 5) is 0. The predicted octanol–water partition coefficient (Wildman–Crippen LogP) is 2.84. The molecule has 88 valence electrons. The summed E-state index contributed by atoms with van der Waals surface area (Å²) in [6.07, 6.45) is 1.63. The highest BCUT2D eigenvalue weighted by atomic mass is 79.9. The summed E-state index contributed by atoms with van der Waals surface area (Å²) in [6, 6.07) is 3.76. The Morgan fingerprint density at radius 2 is 2.12 bits per heavy atom. The zero-order valence-corrected chi connectivity index (χ0v) is 11.0. The number of aliphatic hydroxyl groups is 1. The smallest absolute Gasteiger partial charge is 0.174 e. The highest BCUT2D eigenvalue weighted by Gasteiger charge is 2.42. The summed E-state index contributed by atoms with van der Waals surface area (Å²) in [6.45, 7) is 2.50. The Hall–Kier alpha value is -0.740. The van der Waals surface area contributed by atoms with E-state index >= 15 is 0 Å². The fraction of sp³-hybridized carbons (Fsp3) is 0.500. The SMILES string of the molecule is CCOc1cc(C2(O)CC2)cc(Br)c1OC. The van der Waals surface area contributed by atoms with Crippen LogP contribution in [-0.2, 0) is 5.60 Å².